The smallest absolute Gasteiger partial charge is 0.529 e. The zero-order valence-electron chi connectivity index (χ0n) is 6.49. The summed E-state index contributed by atoms with van der Waals surface area (Å²) in [6, 6.07) is 0. The van der Waals surface area contributed by atoms with Gasteiger partial charge in [0.05, 0.1) is 0 Å². The Morgan fingerprint density at radius 2 is 1.00 bits per heavy atom. The predicted octanol–water partition coefficient (Wildman–Crippen LogP) is -6.44. The number of amides is 2. The van der Waals surface area contributed by atoms with Crippen molar-refractivity contribution in [3.05, 3.63) is 0 Å². The van der Waals surface area contributed by atoms with Crippen LogP contribution < -0.4 is 32.7 Å². The van der Waals surface area contributed by atoms with Gasteiger partial charge in [-0.1, -0.05) is 0 Å². The Kier molecular flexibility index (Phi) is 51.1. The largest absolute Gasteiger partial charge is 2.00 e. The summed E-state index contributed by atoms with van der Waals surface area (Å²) in [5, 5.41) is 18.0. The van der Waals surface area contributed by atoms with Crippen molar-refractivity contribution >= 4 is 35.2 Å². The van der Waals surface area contributed by atoms with Crippen LogP contribution in [0.2, 0.25) is 0 Å². The van der Waals surface area contributed by atoms with Gasteiger partial charge in [0.25, 0.3) is 0 Å². The Morgan fingerprint density at radius 3 is 1.00 bits per heavy atom. The van der Waals surface area contributed by atoms with E-state index in [9.17, 15) is 0 Å². The summed E-state index contributed by atoms with van der Waals surface area (Å²) in [6.45, 7) is 0. The third kappa shape index (κ3) is 94.2. The van der Waals surface area contributed by atoms with Crippen LogP contribution in [-0.2, 0) is 0 Å². The predicted molar refractivity (Wildman–Crippen MR) is 38.4 cm³/mol. The maximum Gasteiger partial charge on any atom is 2.00 e. The van der Waals surface area contributed by atoms with Gasteiger partial charge in [0, 0.05) is 0 Å². The molecule has 0 saturated heterocycles. The number of carbonyl (C=O) groups excluding carboxylic acids is 2. The molecule has 0 aliphatic rings. The van der Waals surface area contributed by atoms with Gasteiger partial charge in [0.2, 0.25) is 0 Å². The van der Waals surface area contributed by atoms with Crippen LogP contribution in [0.25, 0.3) is 0 Å². The molecule has 0 bridgehead atoms. The second-order valence-corrected chi connectivity index (χ2v) is 0.864. The first-order valence-corrected chi connectivity index (χ1v) is 1.89. The Labute approximate surface area is 89.0 Å². The van der Waals surface area contributed by atoms with E-state index >= 15 is 0 Å². The van der Waals surface area contributed by atoms with Gasteiger partial charge < -0.3 is 41.6 Å². The third-order valence-electron chi connectivity index (χ3n) is 0.236. The minimum atomic E-state index is -1.47. The van der Waals surface area contributed by atoms with E-state index in [-0.39, 0.29) is 34.0 Å². The van der Waals surface area contributed by atoms with Gasteiger partial charge >= 0.3 is 23.1 Å². The molecule has 0 radical (unpaired) electrons. The van der Waals surface area contributed by atoms with Gasteiger partial charge in [-0.25, -0.2) is 11.7 Å². The van der Waals surface area contributed by atoms with Crippen molar-refractivity contribution in [2.75, 3.05) is 0 Å². The van der Waals surface area contributed by atoms with E-state index in [1.165, 1.54) is 10.9 Å². The molecule has 10 N–H and O–H groups in total. The fourth-order valence-corrected chi connectivity index (χ4v) is 0. The first-order chi connectivity index (χ1) is 4.54. The van der Waals surface area contributed by atoms with Crippen LogP contribution in [0.3, 0.4) is 0 Å². The second kappa shape index (κ2) is 22.5. The molecule has 0 aromatic rings. The van der Waals surface area contributed by atoms with Crippen LogP contribution in [0, 0.1) is 0 Å². The molecule has 0 heterocycles. The molecule has 0 fully saturated rings. The summed E-state index contributed by atoms with van der Waals surface area (Å²) in [4.78, 5) is 18.0. The summed E-state index contributed by atoms with van der Waals surface area (Å²) in [6.07, 6.45) is -2.94. The summed E-state index contributed by atoms with van der Waals surface area (Å²) in [5.74, 6) is 8.52. The van der Waals surface area contributed by atoms with E-state index in [0.29, 0.717) is 0 Å². The normalized spacial score (nSPS) is 5.08. The quantitative estimate of drug-likeness (QED) is 0.132. The summed E-state index contributed by atoms with van der Waals surface area (Å²) in [5.41, 5.74) is 2.67. The standard InChI is InChI=1S/2CH4N2O2.Mg.2H2O/c2*2-3-1(4)5;;;/h2*3H,2H2,(H,4,5);;2*1H2/q;;+2;;/p-2. The first kappa shape index (κ1) is 29.5. The van der Waals surface area contributed by atoms with Crippen molar-refractivity contribution in [2.24, 2.45) is 11.7 Å². The van der Waals surface area contributed by atoms with Crippen LogP contribution in [0.1, 0.15) is 0 Å². The molecule has 0 aliphatic heterocycles. The molecule has 0 aliphatic carbocycles. The van der Waals surface area contributed by atoms with Crippen LogP contribution in [0.15, 0.2) is 0 Å². The third-order valence-corrected chi connectivity index (χ3v) is 0.236. The average molecular weight is 210 g/mol. The zero-order chi connectivity index (χ0) is 8.57. The molecule has 0 atom stereocenters. The minimum absolute atomic E-state index is 0. The molecule has 76 valence electrons. The Hall–Kier alpha value is -0.854. The Balaban J connectivity index is -0.0000000267. The second-order valence-electron chi connectivity index (χ2n) is 0.864. The zero-order valence-corrected chi connectivity index (χ0v) is 7.91. The van der Waals surface area contributed by atoms with Crippen molar-refractivity contribution in [2.45, 2.75) is 0 Å². The van der Waals surface area contributed by atoms with Gasteiger partial charge in [0.15, 0.2) is 0 Å². The van der Waals surface area contributed by atoms with Crippen molar-refractivity contribution in [1.82, 2.24) is 10.9 Å². The molecule has 0 unspecified atom stereocenters. The van der Waals surface area contributed by atoms with E-state index < -0.39 is 12.2 Å². The number of hydrogen-bond donors (Lipinski definition) is 4. The van der Waals surface area contributed by atoms with E-state index in [2.05, 4.69) is 11.7 Å². The van der Waals surface area contributed by atoms with Gasteiger partial charge in [-0.05, 0) is 0 Å². The molecular formula is C2H10MgN4O6. The Morgan fingerprint density at radius 1 is 0.923 bits per heavy atom. The Bertz CT molecular complexity index is 107. The van der Waals surface area contributed by atoms with Crippen LogP contribution >= 0.6 is 0 Å². The summed E-state index contributed by atoms with van der Waals surface area (Å²) < 4.78 is 0. The SMILES string of the molecule is NNC(=O)[O-].NNC(=O)[O-].O.O.[Mg+2]. The molecule has 2 amide bonds. The molecular weight excluding hydrogens is 200 g/mol. The van der Waals surface area contributed by atoms with Crippen LogP contribution in [0.4, 0.5) is 9.59 Å². The molecule has 0 aromatic heterocycles. The van der Waals surface area contributed by atoms with E-state index in [1.54, 1.807) is 0 Å². The number of carboxylic acid groups (broad SMARTS) is 2. The maximum absolute atomic E-state index is 9.02. The molecule has 11 heteroatoms. The maximum atomic E-state index is 9.02. The topological polar surface area (TPSA) is 219 Å². The molecule has 13 heavy (non-hydrogen) atoms. The molecule has 0 spiro atoms. The van der Waals surface area contributed by atoms with Crippen molar-refractivity contribution in [1.29, 1.82) is 0 Å². The van der Waals surface area contributed by atoms with Gasteiger partial charge in [-0.3, -0.25) is 0 Å². The van der Waals surface area contributed by atoms with E-state index in [0.717, 1.165) is 0 Å². The number of carbonyl (C=O) groups is 2. The summed E-state index contributed by atoms with van der Waals surface area (Å²) >= 11 is 0. The monoisotopic (exact) mass is 210 g/mol. The van der Waals surface area contributed by atoms with Gasteiger partial charge in [0.1, 0.15) is 12.2 Å². The number of nitrogens with two attached hydrogens (primary N) is 2. The molecule has 0 aromatic carbocycles. The fraction of sp³-hybridized carbons (Fsp3) is 0. The fourth-order valence-electron chi connectivity index (χ4n) is 0. The van der Waals surface area contributed by atoms with Crippen LogP contribution in [-0.4, -0.2) is 46.2 Å². The van der Waals surface area contributed by atoms with Crippen molar-refractivity contribution in [3.63, 3.8) is 0 Å². The van der Waals surface area contributed by atoms with Crippen molar-refractivity contribution in [3.8, 4) is 0 Å². The van der Waals surface area contributed by atoms with Crippen LogP contribution in [0.5, 0.6) is 0 Å². The van der Waals surface area contributed by atoms with Gasteiger partial charge in [-0.2, -0.15) is 0 Å². The number of hydrogen-bond acceptors (Lipinski definition) is 6. The van der Waals surface area contributed by atoms with E-state index in [1.807, 2.05) is 0 Å². The number of hydrazine groups is 2. The summed E-state index contributed by atoms with van der Waals surface area (Å²) in [7, 11) is 0. The number of rotatable bonds is 0. The van der Waals surface area contributed by atoms with Crippen molar-refractivity contribution < 1.29 is 30.8 Å². The average Bonchev–Trinajstić information content (AvgIpc) is 1.89. The van der Waals surface area contributed by atoms with E-state index in [4.69, 9.17) is 19.8 Å². The van der Waals surface area contributed by atoms with Gasteiger partial charge in [-0.15, -0.1) is 0 Å². The molecule has 0 rings (SSSR count). The first-order valence-electron chi connectivity index (χ1n) is 1.89. The molecule has 0 saturated carbocycles. The molecule has 10 nitrogen and oxygen atoms in total. The number of nitrogens with one attached hydrogen (secondary N) is 2. The minimum Gasteiger partial charge on any atom is -0.529 e.